The van der Waals surface area contributed by atoms with Gasteiger partial charge in [-0.2, -0.15) is 0 Å². The summed E-state index contributed by atoms with van der Waals surface area (Å²) in [6.07, 6.45) is -0.0449. The predicted octanol–water partition coefficient (Wildman–Crippen LogP) is 1.30. The number of esters is 2. The minimum absolute atomic E-state index is 0.0449. The Morgan fingerprint density at radius 3 is 2.41 bits per heavy atom. The molecule has 27 heavy (non-hydrogen) atoms. The van der Waals surface area contributed by atoms with Gasteiger partial charge in [-0.15, -0.1) is 0 Å². The van der Waals surface area contributed by atoms with Crippen molar-refractivity contribution in [1.82, 2.24) is 5.32 Å². The highest BCUT2D eigenvalue weighted by atomic mass is 35.5. The minimum Gasteiger partial charge on any atom is -0.464 e. The van der Waals surface area contributed by atoms with Crippen LogP contribution in [0.3, 0.4) is 0 Å². The number of nitrogens with one attached hydrogen (secondary N) is 1. The highest BCUT2D eigenvalue weighted by molar-refractivity contribution is 6.31. The van der Waals surface area contributed by atoms with Crippen molar-refractivity contribution in [3.05, 3.63) is 29.3 Å². The zero-order valence-corrected chi connectivity index (χ0v) is 15.8. The Balaban J connectivity index is 2.08. The fourth-order valence-electron chi connectivity index (χ4n) is 2.70. The second-order valence-electron chi connectivity index (χ2n) is 5.83. The molecule has 1 atom stereocenters. The van der Waals surface area contributed by atoms with Gasteiger partial charge in [-0.1, -0.05) is 17.7 Å². The van der Waals surface area contributed by atoms with Gasteiger partial charge in [0.15, 0.2) is 0 Å². The summed E-state index contributed by atoms with van der Waals surface area (Å²) in [6, 6.07) is 5.16. The molecular weight excluding hydrogens is 376 g/mol. The molecule has 8 nitrogen and oxygen atoms in total. The number of hydrogen-bond donors (Lipinski definition) is 1. The third-order valence-electron chi connectivity index (χ3n) is 3.95. The van der Waals surface area contributed by atoms with Gasteiger partial charge in [0.25, 0.3) is 0 Å². The molecule has 9 heteroatoms. The van der Waals surface area contributed by atoms with Crippen molar-refractivity contribution in [3.8, 4) is 0 Å². The lowest BCUT2D eigenvalue weighted by molar-refractivity contribution is -0.159. The second kappa shape index (κ2) is 9.36. The summed E-state index contributed by atoms with van der Waals surface area (Å²) < 4.78 is 9.63. The van der Waals surface area contributed by atoms with E-state index in [1.54, 1.807) is 38.1 Å². The fraction of sp³-hybridized carbons (Fsp3) is 0.444. The van der Waals surface area contributed by atoms with Gasteiger partial charge in [-0.3, -0.25) is 9.59 Å². The lowest BCUT2D eigenvalue weighted by Gasteiger charge is -2.19. The molecule has 0 saturated carbocycles. The first-order chi connectivity index (χ1) is 12.9. The Hall–Kier alpha value is -2.61. The largest absolute Gasteiger partial charge is 0.464 e. The number of halogens is 1. The summed E-state index contributed by atoms with van der Waals surface area (Å²) in [4.78, 5) is 50.2. The molecule has 0 aliphatic carbocycles. The summed E-state index contributed by atoms with van der Waals surface area (Å²) in [5, 5.41) is 2.81. The molecule has 1 aromatic rings. The van der Waals surface area contributed by atoms with E-state index in [1.807, 2.05) is 0 Å². The van der Waals surface area contributed by atoms with Crippen LogP contribution in [0.2, 0.25) is 5.02 Å². The van der Waals surface area contributed by atoms with Gasteiger partial charge in [0.1, 0.15) is 0 Å². The van der Waals surface area contributed by atoms with Crippen LogP contribution in [0, 0.1) is 5.92 Å². The summed E-state index contributed by atoms with van der Waals surface area (Å²) >= 11 is 5.95. The first-order valence-corrected chi connectivity index (χ1v) is 8.94. The molecule has 0 radical (unpaired) electrons. The zero-order valence-electron chi connectivity index (χ0n) is 15.1. The van der Waals surface area contributed by atoms with E-state index < -0.39 is 29.8 Å². The average Bonchev–Trinajstić information content (AvgIpc) is 3.01. The molecule has 0 bridgehead atoms. The lowest BCUT2D eigenvalue weighted by atomic mass is 10.1. The van der Waals surface area contributed by atoms with Gasteiger partial charge in [-0.25, -0.2) is 9.59 Å². The van der Waals surface area contributed by atoms with Gasteiger partial charge in [0, 0.05) is 23.7 Å². The van der Waals surface area contributed by atoms with Crippen LogP contribution in [-0.4, -0.2) is 49.6 Å². The van der Waals surface area contributed by atoms with Crippen molar-refractivity contribution in [2.24, 2.45) is 5.92 Å². The Morgan fingerprint density at radius 1 is 1.22 bits per heavy atom. The van der Waals surface area contributed by atoms with Gasteiger partial charge in [-0.05, 0) is 32.0 Å². The standard InChI is InChI=1S/C18H21ClN2O6/c1-3-26-17(24)15(18(25)27-4-2)20-16(23)11-8-14(22)21(10-11)13-7-5-6-12(19)9-13/h5-7,9,11,15H,3-4,8,10H2,1-2H3,(H,20,23)/t11-/m0/s1. The van der Waals surface area contributed by atoms with Gasteiger partial charge < -0.3 is 19.7 Å². The van der Waals surface area contributed by atoms with Crippen LogP contribution in [0.25, 0.3) is 0 Å². The van der Waals surface area contributed by atoms with Gasteiger partial charge in [0.2, 0.25) is 17.9 Å². The molecule has 0 aromatic heterocycles. The number of benzene rings is 1. The highest BCUT2D eigenvalue weighted by Gasteiger charge is 2.39. The van der Waals surface area contributed by atoms with Crippen LogP contribution in [-0.2, 0) is 28.7 Å². The molecule has 0 spiro atoms. The number of carbonyl (C=O) groups is 4. The Labute approximate surface area is 161 Å². The molecule has 1 saturated heterocycles. The Morgan fingerprint density at radius 2 is 1.85 bits per heavy atom. The van der Waals surface area contributed by atoms with Crippen molar-refractivity contribution < 1.29 is 28.7 Å². The first kappa shape index (κ1) is 20.7. The van der Waals surface area contributed by atoms with E-state index in [2.05, 4.69) is 5.32 Å². The Bertz CT molecular complexity index is 720. The average molecular weight is 397 g/mol. The first-order valence-electron chi connectivity index (χ1n) is 8.56. The molecule has 1 fully saturated rings. The maximum absolute atomic E-state index is 12.5. The number of rotatable bonds is 7. The second-order valence-corrected chi connectivity index (χ2v) is 6.27. The molecule has 2 rings (SSSR count). The number of nitrogens with zero attached hydrogens (tertiary/aromatic N) is 1. The van der Waals surface area contributed by atoms with Crippen LogP contribution in [0.5, 0.6) is 0 Å². The molecule has 1 aromatic carbocycles. The van der Waals surface area contributed by atoms with E-state index in [-0.39, 0.29) is 32.1 Å². The quantitative estimate of drug-likeness (QED) is 0.550. The number of amides is 2. The van der Waals surface area contributed by atoms with Crippen molar-refractivity contribution in [3.63, 3.8) is 0 Å². The lowest BCUT2D eigenvalue weighted by Crippen LogP contribution is -2.50. The van der Waals surface area contributed by atoms with E-state index in [9.17, 15) is 19.2 Å². The van der Waals surface area contributed by atoms with E-state index in [0.717, 1.165) is 0 Å². The van der Waals surface area contributed by atoms with E-state index in [0.29, 0.717) is 10.7 Å². The third kappa shape index (κ3) is 5.19. The van der Waals surface area contributed by atoms with Crippen molar-refractivity contribution >= 4 is 41.0 Å². The minimum atomic E-state index is -1.56. The molecule has 1 N–H and O–H groups in total. The fourth-order valence-corrected chi connectivity index (χ4v) is 2.89. The summed E-state index contributed by atoms with van der Waals surface area (Å²) in [7, 11) is 0. The van der Waals surface area contributed by atoms with Crippen molar-refractivity contribution in [2.45, 2.75) is 26.3 Å². The smallest absolute Gasteiger partial charge is 0.340 e. The third-order valence-corrected chi connectivity index (χ3v) is 4.18. The van der Waals surface area contributed by atoms with Crippen LogP contribution in [0.15, 0.2) is 24.3 Å². The van der Waals surface area contributed by atoms with Crippen LogP contribution >= 0.6 is 11.6 Å². The molecule has 146 valence electrons. The Kier molecular flexibility index (Phi) is 7.18. The van der Waals surface area contributed by atoms with E-state index in [1.165, 1.54) is 4.90 Å². The SMILES string of the molecule is CCOC(=O)C(NC(=O)[C@H]1CC(=O)N(c2cccc(Cl)c2)C1)C(=O)OCC. The van der Waals surface area contributed by atoms with E-state index >= 15 is 0 Å². The van der Waals surface area contributed by atoms with E-state index in [4.69, 9.17) is 21.1 Å². The number of carbonyl (C=O) groups excluding carboxylic acids is 4. The topological polar surface area (TPSA) is 102 Å². The summed E-state index contributed by atoms with van der Waals surface area (Å²) in [6.45, 7) is 3.38. The maximum Gasteiger partial charge on any atom is 0.340 e. The van der Waals surface area contributed by atoms with Crippen LogP contribution < -0.4 is 10.2 Å². The van der Waals surface area contributed by atoms with Gasteiger partial charge >= 0.3 is 11.9 Å². The van der Waals surface area contributed by atoms with Crippen molar-refractivity contribution in [2.75, 3.05) is 24.7 Å². The normalized spacial score (nSPS) is 16.4. The number of anilines is 1. The summed E-state index contributed by atoms with van der Waals surface area (Å²) in [5.41, 5.74) is 0.579. The molecule has 1 heterocycles. The summed E-state index contributed by atoms with van der Waals surface area (Å²) in [5.74, 6) is -3.37. The number of hydrogen-bond acceptors (Lipinski definition) is 6. The van der Waals surface area contributed by atoms with Crippen LogP contribution in [0.4, 0.5) is 5.69 Å². The maximum atomic E-state index is 12.5. The number of ether oxygens (including phenoxy) is 2. The molecule has 1 aliphatic heterocycles. The van der Waals surface area contributed by atoms with Gasteiger partial charge in [0.05, 0.1) is 19.1 Å². The highest BCUT2D eigenvalue weighted by Crippen LogP contribution is 2.27. The molecule has 0 unspecified atom stereocenters. The predicted molar refractivity (Wildman–Crippen MR) is 97.1 cm³/mol. The molecule has 1 aliphatic rings. The molecular formula is C18H21ClN2O6. The van der Waals surface area contributed by atoms with Crippen LogP contribution in [0.1, 0.15) is 20.3 Å². The van der Waals surface area contributed by atoms with Crippen molar-refractivity contribution in [1.29, 1.82) is 0 Å². The zero-order chi connectivity index (χ0) is 20.0. The molecule has 2 amide bonds. The monoisotopic (exact) mass is 396 g/mol.